The molecule has 6 nitrogen and oxygen atoms in total. The van der Waals surface area contributed by atoms with Crippen LogP contribution in [0.3, 0.4) is 0 Å². The molecule has 25 heavy (non-hydrogen) atoms. The van der Waals surface area contributed by atoms with E-state index in [-0.39, 0.29) is 0 Å². The van der Waals surface area contributed by atoms with Gasteiger partial charge in [0.15, 0.2) is 0 Å². The number of morpholine rings is 1. The standard InChI is InChI=1S/C19H20N4O2/c1-20-14-2-4-15(5-3-14)25-16-6-7-17-18(12-16)22-19(13-21-17)23-8-10-24-11-9-23/h2-7,12-13,20H,8-11H2,1H3. The number of nitrogens with zero attached hydrogens (tertiary/aromatic N) is 3. The van der Waals surface area contributed by atoms with Gasteiger partial charge in [-0.25, -0.2) is 4.98 Å². The first-order chi connectivity index (χ1) is 12.3. The third-order valence-corrected chi connectivity index (χ3v) is 4.21. The van der Waals surface area contributed by atoms with Crippen LogP contribution in [-0.2, 0) is 4.74 Å². The van der Waals surface area contributed by atoms with E-state index < -0.39 is 0 Å². The summed E-state index contributed by atoms with van der Waals surface area (Å²) < 4.78 is 11.3. The number of nitrogens with one attached hydrogen (secondary N) is 1. The number of hydrogen-bond donors (Lipinski definition) is 1. The summed E-state index contributed by atoms with van der Waals surface area (Å²) >= 11 is 0. The number of rotatable bonds is 4. The Labute approximate surface area is 146 Å². The quantitative estimate of drug-likeness (QED) is 0.789. The van der Waals surface area contributed by atoms with Crippen molar-refractivity contribution in [1.82, 2.24) is 9.97 Å². The van der Waals surface area contributed by atoms with Gasteiger partial charge < -0.3 is 19.7 Å². The Morgan fingerprint density at radius 1 is 1.00 bits per heavy atom. The molecule has 0 bridgehead atoms. The summed E-state index contributed by atoms with van der Waals surface area (Å²) in [5.74, 6) is 2.42. The lowest BCUT2D eigenvalue weighted by atomic mass is 10.2. The lowest BCUT2D eigenvalue weighted by Crippen LogP contribution is -2.36. The molecule has 0 amide bonds. The maximum atomic E-state index is 5.94. The van der Waals surface area contributed by atoms with Crippen molar-refractivity contribution in [3.63, 3.8) is 0 Å². The zero-order valence-corrected chi connectivity index (χ0v) is 14.1. The van der Waals surface area contributed by atoms with Gasteiger partial charge in [0.2, 0.25) is 0 Å². The van der Waals surface area contributed by atoms with Gasteiger partial charge in [0.1, 0.15) is 17.3 Å². The fourth-order valence-electron chi connectivity index (χ4n) is 2.82. The highest BCUT2D eigenvalue weighted by molar-refractivity contribution is 5.77. The lowest BCUT2D eigenvalue weighted by Gasteiger charge is -2.27. The second kappa shape index (κ2) is 6.94. The summed E-state index contributed by atoms with van der Waals surface area (Å²) in [6, 6.07) is 13.6. The molecule has 3 aromatic rings. The molecule has 0 aliphatic carbocycles. The second-order valence-corrected chi connectivity index (χ2v) is 5.85. The molecule has 0 atom stereocenters. The molecule has 2 heterocycles. The average molecular weight is 336 g/mol. The van der Waals surface area contributed by atoms with Crippen LogP contribution in [0, 0.1) is 0 Å². The van der Waals surface area contributed by atoms with Crippen LogP contribution < -0.4 is 15.0 Å². The van der Waals surface area contributed by atoms with E-state index >= 15 is 0 Å². The number of benzene rings is 2. The van der Waals surface area contributed by atoms with E-state index in [1.165, 1.54) is 0 Å². The molecule has 1 aromatic heterocycles. The highest BCUT2D eigenvalue weighted by atomic mass is 16.5. The molecular weight excluding hydrogens is 316 g/mol. The van der Waals surface area contributed by atoms with E-state index in [2.05, 4.69) is 15.2 Å². The summed E-state index contributed by atoms with van der Waals surface area (Å²) in [6.45, 7) is 3.14. The molecule has 2 aromatic carbocycles. The number of hydrogen-bond acceptors (Lipinski definition) is 6. The van der Waals surface area contributed by atoms with Crippen molar-refractivity contribution >= 4 is 22.5 Å². The summed E-state index contributed by atoms with van der Waals surface area (Å²) in [6.07, 6.45) is 1.82. The largest absolute Gasteiger partial charge is 0.457 e. The normalized spacial score (nSPS) is 14.5. The Kier molecular flexibility index (Phi) is 4.35. The Hall–Kier alpha value is -2.86. The highest BCUT2D eigenvalue weighted by Crippen LogP contribution is 2.26. The van der Waals surface area contributed by atoms with E-state index in [9.17, 15) is 0 Å². The van der Waals surface area contributed by atoms with Crippen LogP contribution in [0.1, 0.15) is 0 Å². The van der Waals surface area contributed by atoms with Gasteiger partial charge in [-0.15, -0.1) is 0 Å². The molecule has 0 spiro atoms. The predicted octanol–water partition coefficient (Wildman–Crippen LogP) is 3.30. The third kappa shape index (κ3) is 3.49. The molecule has 1 N–H and O–H groups in total. The van der Waals surface area contributed by atoms with Gasteiger partial charge in [0.25, 0.3) is 0 Å². The third-order valence-electron chi connectivity index (χ3n) is 4.21. The van der Waals surface area contributed by atoms with Crippen molar-refractivity contribution < 1.29 is 9.47 Å². The van der Waals surface area contributed by atoms with Crippen LogP contribution >= 0.6 is 0 Å². The summed E-state index contributed by atoms with van der Waals surface area (Å²) in [5, 5.41) is 3.09. The smallest absolute Gasteiger partial charge is 0.148 e. The Morgan fingerprint density at radius 3 is 2.52 bits per heavy atom. The molecular formula is C19H20N4O2. The first-order valence-electron chi connectivity index (χ1n) is 8.37. The zero-order chi connectivity index (χ0) is 17.1. The fourth-order valence-corrected chi connectivity index (χ4v) is 2.82. The monoisotopic (exact) mass is 336 g/mol. The topological polar surface area (TPSA) is 59.5 Å². The van der Waals surface area contributed by atoms with Crippen molar-refractivity contribution in [2.45, 2.75) is 0 Å². The van der Waals surface area contributed by atoms with Gasteiger partial charge in [-0.05, 0) is 36.4 Å². The van der Waals surface area contributed by atoms with Crippen LogP contribution in [0.2, 0.25) is 0 Å². The molecule has 4 rings (SSSR count). The lowest BCUT2D eigenvalue weighted by molar-refractivity contribution is 0.122. The number of ether oxygens (including phenoxy) is 2. The number of aromatic nitrogens is 2. The van der Waals surface area contributed by atoms with Gasteiger partial charge in [0.05, 0.1) is 30.4 Å². The average Bonchev–Trinajstić information content (AvgIpc) is 2.69. The molecule has 6 heteroatoms. The zero-order valence-electron chi connectivity index (χ0n) is 14.1. The van der Waals surface area contributed by atoms with Gasteiger partial charge in [-0.1, -0.05) is 0 Å². The van der Waals surface area contributed by atoms with Crippen molar-refractivity contribution in [3.05, 3.63) is 48.7 Å². The second-order valence-electron chi connectivity index (χ2n) is 5.85. The maximum Gasteiger partial charge on any atom is 0.148 e. The molecule has 1 fully saturated rings. The molecule has 1 aliphatic heterocycles. The molecule has 128 valence electrons. The first kappa shape index (κ1) is 15.7. The van der Waals surface area contributed by atoms with Crippen molar-refractivity contribution in [2.24, 2.45) is 0 Å². The van der Waals surface area contributed by atoms with Crippen molar-refractivity contribution in [1.29, 1.82) is 0 Å². The highest BCUT2D eigenvalue weighted by Gasteiger charge is 2.13. The number of anilines is 2. The van der Waals surface area contributed by atoms with Crippen LogP contribution in [-0.4, -0.2) is 43.3 Å². The Morgan fingerprint density at radius 2 is 1.76 bits per heavy atom. The van der Waals surface area contributed by atoms with Crippen LogP contribution in [0.5, 0.6) is 11.5 Å². The molecule has 0 radical (unpaired) electrons. The predicted molar refractivity (Wildman–Crippen MR) is 98.6 cm³/mol. The Balaban J connectivity index is 1.59. The van der Waals surface area contributed by atoms with Gasteiger partial charge in [0, 0.05) is 31.9 Å². The van der Waals surface area contributed by atoms with Gasteiger partial charge >= 0.3 is 0 Å². The van der Waals surface area contributed by atoms with E-state index in [1.54, 1.807) is 0 Å². The molecule has 1 saturated heterocycles. The summed E-state index contributed by atoms with van der Waals surface area (Å²) in [5.41, 5.74) is 2.73. The fraction of sp³-hybridized carbons (Fsp3) is 0.263. The van der Waals surface area contributed by atoms with Gasteiger partial charge in [-0.2, -0.15) is 0 Å². The van der Waals surface area contributed by atoms with Crippen LogP contribution in [0.15, 0.2) is 48.7 Å². The Bertz CT molecular complexity index is 861. The van der Waals surface area contributed by atoms with Crippen LogP contribution in [0.25, 0.3) is 11.0 Å². The van der Waals surface area contributed by atoms with Crippen LogP contribution in [0.4, 0.5) is 11.5 Å². The van der Waals surface area contributed by atoms with E-state index in [0.29, 0.717) is 0 Å². The minimum atomic E-state index is 0.728. The van der Waals surface area contributed by atoms with Crippen molar-refractivity contribution in [3.8, 4) is 11.5 Å². The number of fused-ring (bicyclic) bond motifs is 1. The van der Waals surface area contributed by atoms with E-state index in [0.717, 1.165) is 60.3 Å². The molecule has 0 saturated carbocycles. The molecule has 1 aliphatic rings. The van der Waals surface area contributed by atoms with E-state index in [1.807, 2.05) is 55.7 Å². The maximum absolute atomic E-state index is 5.94. The summed E-state index contributed by atoms with van der Waals surface area (Å²) in [7, 11) is 1.89. The minimum absolute atomic E-state index is 0.728. The molecule has 0 unspecified atom stereocenters. The summed E-state index contributed by atoms with van der Waals surface area (Å²) in [4.78, 5) is 11.5. The minimum Gasteiger partial charge on any atom is -0.457 e. The van der Waals surface area contributed by atoms with Crippen molar-refractivity contribution in [2.75, 3.05) is 43.6 Å². The van der Waals surface area contributed by atoms with Gasteiger partial charge in [-0.3, -0.25) is 4.98 Å². The first-order valence-corrected chi connectivity index (χ1v) is 8.37. The van der Waals surface area contributed by atoms with E-state index in [4.69, 9.17) is 14.5 Å². The SMILES string of the molecule is CNc1ccc(Oc2ccc3ncc(N4CCOCC4)nc3c2)cc1.